The molecule has 11 rings (SSSR count). The second-order valence-corrected chi connectivity index (χ2v) is 28.5. The van der Waals surface area contributed by atoms with Crippen molar-refractivity contribution >= 4 is 84.7 Å². The van der Waals surface area contributed by atoms with Gasteiger partial charge in [0, 0.05) is 58.6 Å². The van der Waals surface area contributed by atoms with Crippen molar-refractivity contribution in [3.8, 4) is 0 Å². The summed E-state index contributed by atoms with van der Waals surface area (Å²) in [6, 6.07) is 92.9. The number of carbonyl (C=O) groups excluding carboxylic acids is 3. The Morgan fingerprint density at radius 2 is 0.625 bits per heavy atom. The molecule has 0 saturated carbocycles. The van der Waals surface area contributed by atoms with Crippen molar-refractivity contribution < 1.29 is 24.4 Å². The molecule has 0 aliphatic carbocycles. The Kier molecular flexibility index (Phi) is 42.4. The van der Waals surface area contributed by atoms with E-state index in [1.165, 1.54) is 28.3 Å². The average Bonchev–Trinajstić information content (AvgIpc) is 0.822. The number of aromatic nitrogens is 4. The van der Waals surface area contributed by atoms with Gasteiger partial charge < -0.3 is 10.0 Å². The van der Waals surface area contributed by atoms with E-state index in [9.17, 15) is 14.4 Å². The molecule has 4 aromatic heterocycles. The minimum atomic E-state index is -2.56. The van der Waals surface area contributed by atoms with E-state index in [0.29, 0.717) is 0 Å². The molecular formula is C72H75BBr2N7O5P. The third-order valence-corrected chi connectivity index (χ3v) is 19.8. The van der Waals surface area contributed by atoms with Crippen LogP contribution in [0.3, 0.4) is 0 Å². The summed E-state index contributed by atoms with van der Waals surface area (Å²) in [5.74, 6) is 0. The maximum Gasteiger partial charge on any atom is 0.150 e. The second kappa shape index (κ2) is 48.8. The van der Waals surface area contributed by atoms with Crippen molar-refractivity contribution in [2.45, 2.75) is 27.6 Å². The predicted octanol–water partition coefficient (Wildman–Crippen LogP) is 17.3. The van der Waals surface area contributed by atoms with Gasteiger partial charge >= 0.3 is 141 Å². The summed E-state index contributed by atoms with van der Waals surface area (Å²) in [6.07, 6.45) is 11.4. The number of hydrogen-bond acceptors (Lipinski definition) is 10. The maximum atomic E-state index is 10.0. The molecule has 0 bridgehead atoms. The van der Waals surface area contributed by atoms with Gasteiger partial charge in [0.1, 0.15) is 23.5 Å². The number of aryl methyl sites for hydroxylation is 3. The first-order valence-corrected chi connectivity index (χ1v) is 32.7. The number of halogens is 2. The van der Waals surface area contributed by atoms with Gasteiger partial charge in [0.2, 0.25) is 0 Å². The Morgan fingerprint density at radius 3 is 0.750 bits per heavy atom. The zero-order valence-corrected chi connectivity index (χ0v) is 54.1. The Labute approximate surface area is 536 Å². The predicted molar refractivity (Wildman–Crippen MR) is 376 cm³/mol. The minimum absolute atomic E-state index is 0.729. The Bertz CT molecular complexity index is 3060. The molecule has 450 valence electrons. The first-order chi connectivity index (χ1) is 42.6. The standard InChI is InChI=1S/C19H18BrP.C8H8.3C7H6O.3C6H7N.C5H4BrN.CH5BO2.HN3/c1-21(20,17-11-5-2-6-12-17,18-13-7-3-8-14-18)19-15-9-4-10-16-19;1-2-8-6-4-3-5-7-8;3*8-6-7-4-2-1-3-5-7;3*1-6-4-2-3-5-7-6;6-5-3-1-2-4-7-5;1-2(3)4;1-3-2/h2-16H,1H3;2-7H,1H2;3*1-6H;3*2-5H,1H3;1-4H;3-4H,1H3;1H. The molecule has 16 heteroatoms. The topological polar surface area (TPSA) is 203 Å². The van der Waals surface area contributed by atoms with E-state index in [-0.39, 0.29) is 0 Å². The fourth-order valence-electron chi connectivity index (χ4n) is 6.66. The van der Waals surface area contributed by atoms with Crippen LogP contribution in [-0.2, 0) is 0 Å². The first-order valence-electron chi connectivity index (χ1n) is 27.2. The fraction of sp³-hybridized carbons (Fsp3) is 0.0694. The number of aldehydes is 3. The molecule has 0 amide bonds. The van der Waals surface area contributed by atoms with Crippen molar-refractivity contribution in [3.63, 3.8) is 0 Å². The third kappa shape index (κ3) is 35.8. The van der Waals surface area contributed by atoms with Crippen LogP contribution in [0.1, 0.15) is 53.7 Å². The Hall–Kier alpha value is -9.43. The summed E-state index contributed by atoms with van der Waals surface area (Å²) < 4.78 is 0.884. The Morgan fingerprint density at radius 1 is 0.420 bits per heavy atom. The van der Waals surface area contributed by atoms with Crippen molar-refractivity contribution in [3.05, 3.63) is 371 Å². The van der Waals surface area contributed by atoms with Crippen LogP contribution in [-0.4, -0.2) is 62.6 Å². The Balaban J connectivity index is 0.000000505. The van der Waals surface area contributed by atoms with Gasteiger partial charge in [0.15, 0.2) is 0 Å². The molecule has 0 fully saturated rings. The summed E-state index contributed by atoms with van der Waals surface area (Å²) in [6.45, 7) is 13.2. The molecule has 0 atom stereocenters. The van der Waals surface area contributed by atoms with Crippen molar-refractivity contribution in [1.82, 2.24) is 19.9 Å². The van der Waals surface area contributed by atoms with E-state index in [4.69, 9.17) is 21.1 Å². The molecule has 0 saturated heterocycles. The molecule has 11 aromatic rings. The summed E-state index contributed by atoms with van der Waals surface area (Å²) in [5, 5.41) is 16.7. The van der Waals surface area contributed by atoms with E-state index in [1.807, 2.05) is 185 Å². The molecule has 0 spiro atoms. The van der Waals surface area contributed by atoms with Gasteiger partial charge in [-0.25, -0.2) is 4.98 Å². The van der Waals surface area contributed by atoms with Gasteiger partial charge in [-0.2, -0.15) is 0 Å². The number of benzene rings is 7. The molecule has 4 heterocycles. The van der Waals surface area contributed by atoms with Crippen molar-refractivity contribution in [1.29, 1.82) is 5.53 Å². The number of nitrogens with zero attached hydrogens (tertiary/aromatic N) is 6. The van der Waals surface area contributed by atoms with Crippen LogP contribution in [0.4, 0.5) is 0 Å². The summed E-state index contributed by atoms with van der Waals surface area (Å²) in [7, 11) is -1.17. The number of rotatable bonds is 7. The van der Waals surface area contributed by atoms with E-state index in [1.54, 1.807) is 66.1 Å². The molecular weight excluding hydrogens is 1240 g/mol. The SMILES string of the molecule is Brc1ccccn1.C=Cc1ccccc1.CB(O)O.CP(Br)(c1ccccc1)(c1ccccc1)c1ccccc1.Cc1ccccn1.Cc1ccccn1.Cc1ccccn1.O=Cc1ccccc1.O=Cc1ccccc1.O=Cc1ccccc1.[N-]=[N+]=N. The number of hydrogen-bond donors (Lipinski definition) is 3. The van der Waals surface area contributed by atoms with Gasteiger partial charge in [0.25, 0.3) is 0 Å². The van der Waals surface area contributed by atoms with Gasteiger partial charge in [-0.05, 0) is 108 Å². The van der Waals surface area contributed by atoms with Crippen LogP contribution >= 0.6 is 36.7 Å². The molecule has 0 aliphatic rings. The van der Waals surface area contributed by atoms with Crippen LogP contribution in [0, 0.1) is 26.3 Å². The summed E-state index contributed by atoms with van der Waals surface area (Å²) in [5.41, 5.74) is 18.8. The second-order valence-electron chi connectivity index (χ2n) is 17.9. The van der Waals surface area contributed by atoms with Crippen LogP contribution in [0.25, 0.3) is 16.5 Å². The van der Waals surface area contributed by atoms with Crippen LogP contribution < -0.4 is 15.9 Å². The zero-order valence-electron chi connectivity index (χ0n) is 50.0. The van der Waals surface area contributed by atoms with Gasteiger partial charge in [-0.3, -0.25) is 29.3 Å². The summed E-state index contributed by atoms with van der Waals surface area (Å²) >= 11 is 7.44. The van der Waals surface area contributed by atoms with E-state index < -0.39 is 12.4 Å². The van der Waals surface area contributed by atoms with E-state index in [2.05, 4.69) is 156 Å². The molecule has 7 aromatic carbocycles. The molecule has 0 radical (unpaired) electrons. The molecule has 12 nitrogen and oxygen atoms in total. The third-order valence-electron chi connectivity index (χ3n) is 11.0. The van der Waals surface area contributed by atoms with Gasteiger partial charge in [-0.1, -0.05) is 158 Å². The number of nitrogens with one attached hydrogen (secondary N) is 1. The monoisotopic (exact) mass is 1320 g/mol. The normalized spacial score (nSPS) is 9.44. The van der Waals surface area contributed by atoms with Crippen molar-refractivity contribution in [2.75, 3.05) is 6.66 Å². The number of pyridine rings is 4. The molecule has 3 N–H and O–H groups in total. The van der Waals surface area contributed by atoms with Crippen LogP contribution in [0.5, 0.6) is 0 Å². The average molecular weight is 1320 g/mol. The van der Waals surface area contributed by atoms with Gasteiger partial charge in [0.05, 0.1) is 0 Å². The number of carbonyl (C=O) groups is 3. The maximum absolute atomic E-state index is 10.0. The van der Waals surface area contributed by atoms with Crippen LogP contribution in [0.2, 0.25) is 6.82 Å². The van der Waals surface area contributed by atoms with Crippen LogP contribution in [0.15, 0.2) is 321 Å². The summed E-state index contributed by atoms with van der Waals surface area (Å²) in [4.78, 5) is 47.6. The van der Waals surface area contributed by atoms with Crippen molar-refractivity contribution in [2.24, 2.45) is 0 Å². The molecule has 0 aliphatic heterocycles. The smallest absolute Gasteiger partial charge is 0.150 e. The van der Waals surface area contributed by atoms with E-state index >= 15 is 0 Å². The largest absolute Gasteiger partial charge is 0.298 e. The van der Waals surface area contributed by atoms with Gasteiger partial charge in [-0.15, -0.1) is 5.53 Å². The minimum Gasteiger partial charge on any atom is -0.298 e. The molecule has 0 unspecified atom stereocenters. The first kappa shape index (κ1) is 76.6. The van der Waals surface area contributed by atoms with E-state index in [0.717, 1.165) is 57.2 Å². The quantitative estimate of drug-likeness (QED) is 0.0264. The fourth-order valence-corrected chi connectivity index (χ4v) is 12.6. The zero-order chi connectivity index (χ0) is 64.8. The molecule has 88 heavy (non-hydrogen) atoms.